The van der Waals surface area contributed by atoms with Crippen LogP contribution in [0.2, 0.25) is 0 Å². The predicted molar refractivity (Wildman–Crippen MR) is 90.4 cm³/mol. The molecule has 2 aromatic carbocycles. The van der Waals surface area contributed by atoms with Crippen molar-refractivity contribution >= 4 is 34.6 Å². The first-order chi connectivity index (χ1) is 11.0. The van der Waals surface area contributed by atoms with Crippen molar-refractivity contribution in [2.45, 2.75) is 20.8 Å². The third-order valence-corrected chi connectivity index (χ3v) is 2.99. The molecule has 0 fully saturated rings. The van der Waals surface area contributed by atoms with E-state index in [1.54, 1.807) is 12.1 Å². The molecule has 6 nitrogen and oxygen atoms in total. The second kappa shape index (κ2) is 7.31. The van der Waals surface area contributed by atoms with Gasteiger partial charge in [-0.2, -0.15) is 5.11 Å². The van der Waals surface area contributed by atoms with Crippen LogP contribution >= 0.6 is 0 Å². The number of anilines is 2. The number of benzene rings is 2. The molecule has 0 aromatic heterocycles. The van der Waals surface area contributed by atoms with Gasteiger partial charge in [-0.3, -0.25) is 9.59 Å². The molecule has 0 aliphatic heterocycles. The standard InChI is InChI=1S/C17H18N4O2/c1-11-9-17(21-20-14-7-5-4-6-8-14)16(19-13(3)23)10-15(11)18-12(2)22/h4-10H,1-3H3,(H,18,22)(H,19,23). The number of carbonyl (C=O) groups excluding carboxylic acids is 2. The summed E-state index contributed by atoms with van der Waals surface area (Å²) in [5.41, 5.74) is 3.18. The zero-order valence-electron chi connectivity index (χ0n) is 13.3. The Bertz CT molecular complexity index is 755. The van der Waals surface area contributed by atoms with E-state index < -0.39 is 0 Å². The molecule has 2 aromatic rings. The maximum atomic E-state index is 11.4. The molecule has 0 saturated heterocycles. The Balaban J connectivity index is 2.40. The van der Waals surface area contributed by atoms with Crippen molar-refractivity contribution in [1.29, 1.82) is 0 Å². The van der Waals surface area contributed by atoms with Crippen molar-refractivity contribution < 1.29 is 9.59 Å². The first-order valence-electron chi connectivity index (χ1n) is 7.12. The Morgan fingerprint density at radius 2 is 1.48 bits per heavy atom. The number of nitrogens with zero attached hydrogens (tertiary/aromatic N) is 2. The number of aryl methyl sites for hydroxylation is 1. The summed E-state index contributed by atoms with van der Waals surface area (Å²) in [4.78, 5) is 22.6. The minimum absolute atomic E-state index is 0.180. The molecule has 6 heteroatoms. The summed E-state index contributed by atoms with van der Waals surface area (Å²) in [6.07, 6.45) is 0. The number of rotatable bonds is 4. The molecule has 2 amide bonds. The van der Waals surface area contributed by atoms with Gasteiger partial charge in [-0.25, -0.2) is 0 Å². The molecule has 0 aliphatic carbocycles. The van der Waals surface area contributed by atoms with Gasteiger partial charge in [0.25, 0.3) is 0 Å². The van der Waals surface area contributed by atoms with Gasteiger partial charge in [-0.15, -0.1) is 5.11 Å². The fourth-order valence-electron chi connectivity index (χ4n) is 2.00. The van der Waals surface area contributed by atoms with E-state index in [1.165, 1.54) is 13.8 Å². The number of azo groups is 1. The van der Waals surface area contributed by atoms with Gasteiger partial charge < -0.3 is 10.6 Å². The number of hydrogen-bond acceptors (Lipinski definition) is 4. The lowest BCUT2D eigenvalue weighted by molar-refractivity contribution is -0.115. The number of amides is 2. The molecule has 0 heterocycles. The van der Waals surface area contributed by atoms with E-state index in [2.05, 4.69) is 20.9 Å². The maximum absolute atomic E-state index is 11.4. The van der Waals surface area contributed by atoms with Crippen molar-refractivity contribution in [2.24, 2.45) is 10.2 Å². The van der Waals surface area contributed by atoms with Gasteiger partial charge in [-0.05, 0) is 36.8 Å². The molecule has 0 radical (unpaired) electrons. The fourth-order valence-corrected chi connectivity index (χ4v) is 2.00. The maximum Gasteiger partial charge on any atom is 0.221 e. The quantitative estimate of drug-likeness (QED) is 0.824. The van der Waals surface area contributed by atoms with Crippen molar-refractivity contribution in [3.05, 3.63) is 48.0 Å². The van der Waals surface area contributed by atoms with Crippen LogP contribution in [0.5, 0.6) is 0 Å². The molecule has 2 N–H and O–H groups in total. The summed E-state index contributed by atoms with van der Waals surface area (Å²) in [5.74, 6) is -0.403. The molecule has 0 spiro atoms. The Morgan fingerprint density at radius 1 is 0.870 bits per heavy atom. The van der Waals surface area contributed by atoms with Crippen LogP contribution in [0.15, 0.2) is 52.7 Å². The second-order valence-electron chi connectivity index (χ2n) is 5.08. The van der Waals surface area contributed by atoms with Crippen molar-refractivity contribution in [3.63, 3.8) is 0 Å². The van der Waals surface area contributed by atoms with Gasteiger partial charge in [0.1, 0.15) is 5.69 Å². The van der Waals surface area contributed by atoms with Gasteiger partial charge >= 0.3 is 0 Å². The summed E-state index contributed by atoms with van der Waals surface area (Å²) < 4.78 is 0. The number of carbonyl (C=O) groups is 2. The summed E-state index contributed by atoms with van der Waals surface area (Å²) in [6, 6.07) is 12.7. The molecule has 23 heavy (non-hydrogen) atoms. The second-order valence-corrected chi connectivity index (χ2v) is 5.08. The van der Waals surface area contributed by atoms with Crippen LogP contribution in [0, 0.1) is 6.92 Å². The van der Waals surface area contributed by atoms with Crippen LogP contribution in [0.25, 0.3) is 0 Å². The Hall–Kier alpha value is -3.02. The van der Waals surface area contributed by atoms with E-state index in [0.29, 0.717) is 22.7 Å². The Labute approximate surface area is 134 Å². The molecular formula is C17H18N4O2. The topological polar surface area (TPSA) is 82.9 Å². The average Bonchev–Trinajstić information content (AvgIpc) is 2.49. The van der Waals surface area contributed by atoms with E-state index >= 15 is 0 Å². The van der Waals surface area contributed by atoms with Crippen LogP contribution in [-0.4, -0.2) is 11.8 Å². The zero-order valence-corrected chi connectivity index (χ0v) is 13.3. The van der Waals surface area contributed by atoms with Gasteiger partial charge in [-0.1, -0.05) is 18.2 Å². The first kappa shape index (κ1) is 16.4. The molecule has 0 unspecified atom stereocenters. The highest BCUT2D eigenvalue weighted by molar-refractivity contribution is 5.96. The van der Waals surface area contributed by atoms with Gasteiger partial charge in [0.05, 0.1) is 11.4 Å². The average molecular weight is 310 g/mol. The molecule has 2 rings (SSSR count). The number of hydrogen-bond donors (Lipinski definition) is 2. The fraction of sp³-hybridized carbons (Fsp3) is 0.176. The van der Waals surface area contributed by atoms with Crippen LogP contribution in [0.3, 0.4) is 0 Å². The Kier molecular flexibility index (Phi) is 5.19. The predicted octanol–water partition coefficient (Wildman–Crippen LogP) is 4.33. The van der Waals surface area contributed by atoms with Gasteiger partial charge in [0, 0.05) is 19.5 Å². The lowest BCUT2D eigenvalue weighted by atomic mass is 10.1. The zero-order chi connectivity index (χ0) is 16.8. The Morgan fingerprint density at radius 3 is 2.09 bits per heavy atom. The molecule has 0 atom stereocenters. The first-order valence-corrected chi connectivity index (χ1v) is 7.12. The molecule has 0 bridgehead atoms. The summed E-state index contributed by atoms with van der Waals surface area (Å²) in [6.45, 7) is 4.70. The van der Waals surface area contributed by atoms with Crippen molar-refractivity contribution in [1.82, 2.24) is 0 Å². The van der Waals surface area contributed by atoms with E-state index in [-0.39, 0.29) is 11.8 Å². The van der Waals surface area contributed by atoms with Crippen LogP contribution in [0.4, 0.5) is 22.7 Å². The largest absolute Gasteiger partial charge is 0.326 e. The monoisotopic (exact) mass is 310 g/mol. The normalized spacial score (nSPS) is 10.6. The SMILES string of the molecule is CC(=O)Nc1cc(NC(C)=O)c(N=Nc2ccccc2)cc1C. The molecular weight excluding hydrogens is 292 g/mol. The molecule has 0 aliphatic rings. The van der Waals surface area contributed by atoms with Gasteiger partial charge in [0.15, 0.2) is 0 Å². The lowest BCUT2D eigenvalue weighted by Crippen LogP contribution is -2.10. The van der Waals surface area contributed by atoms with Crippen LogP contribution < -0.4 is 10.6 Å². The lowest BCUT2D eigenvalue weighted by Gasteiger charge is -2.12. The van der Waals surface area contributed by atoms with Crippen LogP contribution in [-0.2, 0) is 9.59 Å². The van der Waals surface area contributed by atoms with Crippen molar-refractivity contribution in [3.8, 4) is 0 Å². The van der Waals surface area contributed by atoms with Crippen LogP contribution in [0.1, 0.15) is 19.4 Å². The minimum Gasteiger partial charge on any atom is -0.326 e. The van der Waals surface area contributed by atoms with E-state index in [9.17, 15) is 9.59 Å². The highest BCUT2D eigenvalue weighted by Gasteiger charge is 2.10. The third kappa shape index (κ3) is 4.74. The highest BCUT2D eigenvalue weighted by atomic mass is 16.2. The summed E-state index contributed by atoms with van der Waals surface area (Å²) in [5, 5.41) is 13.8. The highest BCUT2D eigenvalue weighted by Crippen LogP contribution is 2.33. The summed E-state index contributed by atoms with van der Waals surface area (Å²) >= 11 is 0. The minimum atomic E-state index is -0.223. The summed E-state index contributed by atoms with van der Waals surface area (Å²) in [7, 11) is 0. The molecule has 0 saturated carbocycles. The third-order valence-electron chi connectivity index (χ3n) is 2.99. The van der Waals surface area contributed by atoms with Gasteiger partial charge in [0.2, 0.25) is 11.8 Å². The number of nitrogens with one attached hydrogen (secondary N) is 2. The molecule has 118 valence electrons. The smallest absolute Gasteiger partial charge is 0.221 e. The van der Waals surface area contributed by atoms with E-state index in [1.807, 2.05) is 37.3 Å². The van der Waals surface area contributed by atoms with E-state index in [4.69, 9.17) is 0 Å². The van der Waals surface area contributed by atoms with E-state index in [0.717, 1.165) is 5.56 Å². The van der Waals surface area contributed by atoms with Crippen molar-refractivity contribution in [2.75, 3.05) is 10.6 Å².